The van der Waals surface area contributed by atoms with Crippen LogP contribution >= 0.6 is 27.5 Å². The summed E-state index contributed by atoms with van der Waals surface area (Å²) in [5.74, 6) is -0.213. The van der Waals surface area contributed by atoms with Crippen LogP contribution in [0.4, 0.5) is 0 Å². The SMILES string of the molecule is Cc1cccc(CNC(=O)c2cc(Br)ccc2Cl)n1. The lowest BCUT2D eigenvalue weighted by Gasteiger charge is -2.07. The number of halogens is 2. The van der Waals surface area contributed by atoms with Crippen molar-refractivity contribution < 1.29 is 4.79 Å². The summed E-state index contributed by atoms with van der Waals surface area (Å²) in [6.45, 7) is 2.29. The number of carbonyl (C=O) groups excluding carboxylic acids is 1. The molecule has 2 rings (SSSR count). The minimum atomic E-state index is -0.213. The summed E-state index contributed by atoms with van der Waals surface area (Å²) in [4.78, 5) is 16.4. The third kappa shape index (κ3) is 3.78. The van der Waals surface area contributed by atoms with Gasteiger partial charge in [-0.1, -0.05) is 33.6 Å². The Balaban J connectivity index is 2.07. The molecule has 1 aromatic heterocycles. The molecule has 0 atom stereocenters. The van der Waals surface area contributed by atoms with E-state index in [0.717, 1.165) is 15.9 Å². The maximum atomic E-state index is 12.0. The molecule has 0 spiro atoms. The van der Waals surface area contributed by atoms with Crippen molar-refractivity contribution in [3.05, 3.63) is 62.8 Å². The number of carbonyl (C=O) groups is 1. The maximum absolute atomic E-state index is 12.0. The van der Waals surface area contributed by atoms with Gasteiger partial charge in [0.25, 0.3) is 5.91 Å². The molecule has 19 heavy (non-hydrogen) atoms. The molecule has 0 aliphatic rings. The molecule has 0 radical (unpaired) electrons. The van der Waals surface area contributed by atoms with E-state index in [-0.39, 0.29) is 5.91 Å². The van der Waals surface area contributed by atoms with Gasteiger partial charge in [-0.05, 0) is 37.3 Å². The van der Waals surface area contributed by atoms with Crippen LogP contribution in [0.3, 0.4) is 0 Å². The van der Waals surface area contributed by atoms with Crippen LogP contribution in [0.2, 0.25) is 5.02 Å². The fourth-order valence-corrected chi connectivity index (χ4v) is 2.20. The van der Waals surface area contributed by atoms with E-state index in [9.17, 15) is 4.79 Å². The topological polar surface area (TPSA) is 42.0 Å². The molecule has 0 bridgehead atoms. The van der Waals surface area contributed by atoms with E-state index in [0.29, 0.717) is 17.1 Å². The van der Waals surface area contributed by atoms with E-state index in [1.165, 1.54) is 0 Å². The molecule has 0 saturated heterocycles. The predicted molar refractivity (Wildman–Crippen MR) is 79.3 cm³/mol. The molecular formula is C14H12BrClN2O. The van der Waals surface area contributed by atoms with Gasteiger partial charge in [-0.2, -0.15) is 0 Å². The van der Waals surface area contributed by atoms with Gasteiger partial charge in [-0.15, -0.1) is 0 Å². The fourth-order valence-electron chi connectivity index (χ4n) is 1.64. The number of pyridine rings is 1. The Morgan fingerprint density at radius 2 is 2.16 bits per heavy atom. The first-order chi connectivity index (χ1) is 9.06. The minimum absolute atomic E-state index is 0.213. The molecule has 0 unspecified atom stereocenters. The van der Waals surface area contributed by atoms with Crippen LogP contribution < -0.4 is 5.32 Å². The van der Waals surface area contributed by atoms with Crippen molar-refractivity contribution in [2.45, 2.75) is 13.5 Å². The molecule has 0 saturated carbocycles. The summed E-state index contributed by atoms with van der Waals surface area (Å²) in [5.41, 5.74) is 2.19. The Kier molecular flexibility index (Phi) is 4.56. The Morgan fingerprint density at radius 3 is 2.89 bits per heavy atom. The summed E-state index contributed by atoms with van der Waals surface area (Å²) in [5, 5.41) is 3.23. The number of aryl methyl sites for hydroxylation is 1. The van der Waals surface area contributed by atoms with Gasteiger partial charge >= 0.3 is 0 Å². The third-order valence-corrected chi connectivity index (χ3v) is 3.37. The van der Waals surface area contributed by atoms with Gasteiger partial charge in [0.1, 0.15) is 0 Å². The van der Waals surface area contributed by atoms with Crippen molar-refractivity contribution in [3.63, 3.8) is 0 Å². The summed E-state index contributed by atoms with van der Waals surface area (Å²) in [7, 11) is 0. The molecule has 3 nitrogen and oxygen atoms in total. The molecule has 98 valence electrons. The van der Waals surface area contributed by atoms with Crippen molar-refractivity contribution in [2.24, 2.45) is 0 Å². The van der Waals surface area contributed by atoms with Crippen LogP contribution in [0.1, 0.15) is 21.7 Å². The van der Waals surface area contributed by atoms with E-state index >= 15 is 0 Å². The van der Waals surface area contributed by atoms with Crippen LogP contribution in [0.5, 0.6) is 0 Å². The number of nitrogens with one attached hydrogen (secondary N) is 1. The van der Waals surface area contributed by atoms with Gasteiger partial charge in [0.2, 0.25) is 0 Å². The summed E-state index contributed by atoms with van der Waals surface area (Å²) in [6.07, 6.45) is 0. The van der Waals surface area contributed by atoms with Gasteiger partial charge in [-0.25, -0.2) is 0 Å². The van der Waals surface area contributed by atoms with E-state index in [4.69, 9.17) is 11.6 Å². The number of benzene rings is 1. The van der Waals surface area contributed by atoms with Gasteiger partial charge in [-0.3, -0.25) is 9.78 Å². The highest BCUT2D eigenvalue weighted by Crippen LogP contribution is 2.20. The predicted octanol–water partition coefficient (Wildman–Crippen LogP) is 3.74. The normalized spacial score (nSPS) is 10.3. The van der Waals surface area contributed by atoms with Crippen molar-refractivity contribution in [2.75, 3.05) is 0 Å². The third-order valence-electron chi connectivity index (χ3n) is 2.55. The van der Waals surface area contributed by atoms with Gasteiger partial charge in [0.05, 0.1) is 22.8 Å². The second kappa shape index (κ2) is 6.17. The first-order valence-corrected chi connectivity index (χ1v) is 6.89. The molecule has 1 N–H and O–H groups in total. The molecule has 0 fully saturated rings. The standard InChI is InChI=1S/C14H12BrClN2O/c1-9-3-2-4-11(18-9)8-17-14(19)12-7-10(15)5-6-13(12)16/h2-7H,8H2,1H3,(H,17,19). The second-order valence-electron chi connectivity index (χ2n) is 4.08. The number of hydrogen-bond donors (Lipinski definition) is 1. The summed E-state index contributed by atoms with van der Waals surface area (Å²) >= 11 is 9.32. The number of aromatic nitrogens is 1. The van der Waals surface area contributed by atoms with E-state index in [1.54, 1.807) is 18.2 Å². The molecule has 1 aromatic carbocycles. The molecular weight excluding hydrogens is 328 g/mol. The van der Waals surface area contributed by atoms with Gasteiger partial charge < -0.3 is 5.32 Å². The molecule has 5 heteroatoms. The Morgan fingerprint density at radius 1 is 1.37 bits per heavy atom. The van der Waals surface area contributed by atoms with E-state index in [2.05, 4.69) is 26.2 Å². The maximum Gasteiger partial charge on any atom is 0.253 e. The lowest BCUT2D eigenvalue weighted by Crippen LogP contribution is -2.23. The number of nitrogens with zero attached hydrogens (tertiary/aromatic N) is 1. The fraction of sp³-hybridized carbons (Fsp3) is 0.143. The Labute approximate surface area is 125 Å². The first-order valence-electron chi connectivity index (χ1n) is 5.72. The lowest BCUT2D eigenvalue weighted by atomic mass is 10.2. The van der Waals surface area contributed by atoms with Gasteiger partial charge in [0.15, 0.2) is 0 Å². The smallest absolute Gasteiger partial charge is 0.253 e. The average Bonchev–Trinajstić information content (AvgIpc) is 2.39. The van der Waals surface area contributed by atoms with Crippen LogP contribution in [-0.4, -0.2) is 10.9 Å². The molecule has 0 aliphatic carbocycles. The zero-order valence-corrected chi connectivity index (χ0v) is 12.6. The lowest BCUT2D eigenvalue weighted by molar-refractivity contribution is 0.0950. The molecule has 1 heterocycles. The minimum Gasteiger partial charge on any atom is -0.346 e. The van der Waals surface area contributed by atoms with Crippen molar-refractivity contribution in [1.29, 1.82) is 0 Å². The van der Waals surface area contributed by atoms with Crippen LogP contribution in [-0.2, 0) is 6.54 Å². The van der Waals surface area contributed by atoms with E-state index in [1.807, 2.05) is 25.1 Å². The molecule has 0 aliphatic heterocycles. The van der Waals surface area contributed by atoms with Crippen LogP contribution in [0, 0.1) is 6.92 Å². The second-order valence-corrected chi connectivity index (χ2v) is 5.40. The quantitative estimate of drug-likeness (QED) is 0.925. The monoisotopic (exact) mass is 338 g/mol. The van der Waals surface area contributed by atoms with Gasteiger partial charge in [0, 0.05) is 10.2 Å². The van der Waals surface area contributed by atoms with Crippen molar-refractivity contribution >= 4 is 33.4 Å². The summed E-state index contributed by atoms with van der Waals surface area (Å²) < 4.78 is 0.815. The first kappa shape index (κ1) is 14.0. The molecule has 1 amide bonds. The Bertz CT molecular complexity index is 616. The highest BCUT2D eigenvalue weighted by Gasteiger charge is 2.10. The average molecular weight is 340 g/mol. The zero-order chi connectivity index (χ0) is 13.8. The number of rotatable bonds is 3. The van der Waals surface area contributed by atoms with Crippen molar-refractivity contribution in [1.82, 2.24) is 10.3 Å². The Hall–Kier alpha value is -1.39. The van der Waals surface area contributed by atoms with Crippen LogP contribution in [0.15, 0.2) is 40.9 Å². The molecule has 2 aromatic rings. The van der Waals surface area contributed by atoms with E-state index < -0.39 is 0 Å². The van der Waals surface area contributed by atoms with Crippen molar-refractivity contribution in [3.8, 4) is 0 Å². The highest BCUT2D eigenvalue weighted by atomic mass is 79.9. The largest absolute Gasteiger partial charge is 0.346 e. The highest BCUT2D eigenvalue weighted by molar-refractivity contribution is 9.10. The summed E-state index contributed by atoms with van der Waals surface area (Å²) in [6, 6.07) is 10.9. The van der Waals surface area contributed by atoms with Crippen LogP contribution in [0.25, 0.3) is 0 Å². The number of hydrogen-bond acceptors (Lipinski definition) is 2. The zero-order valence-electron chi connectivity index (χ0n) is 10.3. The number of amides is 1.